The summed E-state index contributed by atoms with van der Waals surface area (Å²) < 4.78 is 1.64. The van der Waals surface area contributed by atoms with Crippen LogP contribution in [0.3, 0.4) is 0 Å². The number of carbonyl (C=O) groups is 1. The number of thioether (sulfide) groups is 1. The molecule has 0 amide bonds. The molecule has 1 aromatic rings. The molecule has 0 aromatic carbocycles. The molecule has 2 N–H and O–H groups in total. The van der Waals surface area contributed by atoms with Gasteiger partial charge in [0.1, 0.15) is 11.4 Å². The van der Waals surface area contributed by atoms with E-state index in [1.807, 2.05) is 11.8 Å². The summed E-state index contributed by atoms with van der Waals surface area (Å²) >= 11 is 1.86. The first-order valence-electron chi connectivity index (χ1n) is 6.60. The molecule has 0 spiro atoms. The van der Waals surface area contributed by atoms with E-state index in [1.54, 1.807) is 18.7 Å². The van der Waals surface area contributed by atoms with Gasteiger partial charge in [0.05, 0.1) is 5.69 Å². The van der Waals surface area contributed by atoms with Crippen LogP contribution in [-0.2, 0) is 7.05 Å². The van der Waals surface area contributed by atoms with Gasteiger partial charge in [-0.25, -0.2) is 4.79 Å². The predicted octanol–water partition coefficient (Wildman–Crippen LogP) is 2.51. The van der Waals surface area contributed by atoms with Crippen molar-refractivity contribution in [2.24, 2.45) is 7.05 Å². The Bertz CT molecular complexity index is 473. The number of aromatic nitrogens is 2. The van der Waals surface area contributed by atoms with Crippen LogP contribution in [0.1, 0.15) is 41.7 Å². The number of carboxylic acids is 1. The van der Waals surface area contributed by atoms with E-state index in [-0.39, 0.29) is 0 Å². The number of carboxylic acid groups (broad SMARTS) is 1. The maximum atomic E-state index is 11.4. The molecule has 19 heavy (non-hydrogen) atoms. The average Bonchev–Trinajstić information content (AvgIpc) is 2.65. The van der Waals surface area contributed by atoms with Crippen LogP contribution in [0.4, 0.5) is 5.82 Å². The van der Waals surface area contributed by atoms with Gasteiger partial charge in [0.2, 0.25) is 0 Å². The first kappa shape index (κ1) is 14.2. The highest BCUT2D eigenvalue weighted by molar-refractivity contribution is 7.99. The smallest absolute Gasteiger partial charge is 0.341 e. The lowest BCUT2D eigenvalue weighted by Gasteiger charge is -2.31. The van der Waals surface area contributed by atoms with Crippen molar-refractivity contribution in [1.82, 2.24) is 9.78 Å². The van der Waals surface area contributed by atoms with Crippen LogP contribution in [0.5, 0.6) is 0 Å². The molecular formula is C13H21N3O2S. The quantitative estimate of drug-likeness (QED) is 0.888. The fourth-order valence-corrected chi connectivity index (χ4v) is 3.73. The van der Waals surface area contributed by atoms with Gasteiger partial charge in [-0.05, 0) is 26.0 Å². The van der Waals surface area contributed by atoms with E-state index >= 15 is 0 Å². The third kappa shape index (κ3) is 2.88. The number of aryl methyl sites for hydroxylation is 2. The normalized spacial score (nSPS) is 23.3. The molecule has 0 aliphatic heterocycles. The third-order valence-electron chi connectivity index (χ3n) is 3.76. The van der Waals surface area contributed by atoms with E-state index in [2.05, 4.69) is 16.7 Å². The van der Waals surface area contributed by atoms with E-state index in [0.717, 1.165) is 6.42 Å². The maximum Gasteiger partial charge on any atom is 0.341 e. The third-order valence-corrected chi connectivity index (χ3v) is 4.93. The molecule has 2 atom stereocenters. The Morgan fingerprint density at radius 1 is 1.47 bits per heavy atom. The lowest BCUT2D eigenvalue weighted by molar-refractivity contribution is 0.0697. The molecule has 2 unspecified atom stereocenters. The summed E-state index contributed by atoms with van der Waals surface area (Å²) in [5.41, 5.74) is 0.863. The lowest BCUT2D eigenvalue weighted by Crippen LogP contribution is -2.35. The zero-order valence-electron chi connectivity index (χ0n) is 11.6. The van der Waals surface area contributed by atoms with Crippen molar-refractivity contribution in [3.05, 3.63) is 11.3 Å². The van der Waals surface area contributed by atoms with Gasteiger partial charge < -0.3 is 10.4 Å². The molecule has 1 saturated carbocycles. The van der Waals surface area contributed by atoms with Crippen molar-refractivity contribution < 1.29 is 9.90 Å². The van der Waals surface area contributed by atoms with Gasteiger partial charge in [0.15, 0.2) is 0 Å². The van der Waals surface area contributed by atoms with Crippen LogP contribution in [0.25, 0.3) is 0 Å². The first-order chi connectivity index (χ1) is 9.04. The van der Waals surface area contributed by atoms with Crippen LogP contribution in [-0.4, -0.2) is 38.4 Å². The van der Waals surface area contributed by atoms with E-state index in [9.17, 15) is 9.90 Å². The van der Waals surface area contributed by atoms with Crippen LogP contribution in [0.2, 0.25) is 0 Å². The highest BCUT2D eigenvalue weighted by Gasteiger charge is 2.28. The van der Waals surface area contributed by atoms with Crippen LogP contribution in [0.15, 0.2) is 0 Å². The maximum absolute atomic E-state index is 11.4. The molecule has 1 fully saturated rings. The molecule has 106 valence electrons. The summed E-state index contributed by atoms with van der Waals surface area (Å²) in [7, 11) is 1.79. The van der Waals surface area contributed by atoms with Gasteiger partial charge in [0, 0.05) is 18.3 Å². The predicted molar refractivity (Wildman–Crippen MR) is 78.1 cm³/mol. The molecule has 5 nitrogen and oxygen atoms in total. The molecule has 1 heterocycles. The van der Waals surface area contributed by atoms with Crippen molar-refractivity contribution in [3.63, 3.8) is 0 Å². The largest absolute Gasteiger partial charge is 0.477 e. The van der Waals surface area contributed by atoms with Crippen LogP contribution in [0, 0.1) is 6.92 Å². The molecule has 6 heteroatoms. The Kier molecular flexibility index (Phi) is 4.39. The van der Waals surface area contributed by atoms with Gasteiger partial charge in [-0.15, -0.1) is 0 Å². The summed E-state index contributed by atoms with van der Waals surface area (Å²) in [6.07, 6.45) is 6.87. The van der Waals surface area contributed by atoms with Crippen molar-refractivity contribution in [1.29, 1.82) is 0 Å². The number of hydrogen-bond donors (Lipinski definition) is 2. The molecular weight excluding hydrogens is 262 g/mol. The monoisotopic (exact) mass is 283 g/mol. The Morgan fingerprint density at radius 2 is 2.16 bits per heavy atom. The summed E-state index contributed by atoms with van der Waals surface area (Å²) in [6.45, 7) is 1.74. The summed E-state index contributed by atoms with van der Waals surface area (Å²) in [6, 6.07) is 0.330. The van der Waals surface area contributed by atoms with Crippen LogP contribution < -0.4 is 5.32 Å². The Labute approximate surface area is 117 Å². The van der Waals surface area contributed by atoms with Crippen molar-refractivity contribution >= 4 is 23.5 Å². The first-order valence-corrected chi connectivity index (χ1v) is 7.89. The number of aromatic carboxylic acids is 1. The zero-order valence-corrected chi connectivity index (χ0v) is 12.5. The van der Waals surface area contributed by atoms with Crippen LogP contribution >= 0.6 is 11.8 Å². The van der Waals surface area contributed by atoms with E-state index < -0.39 is 5.97 Å². The van der Waals surface area contributed by atoms with E-state index in [4.69, 9.17) is 0 Å². The van der Waals surface area contributed by atoms with Gasteiger partial charge in [0.25, 0.3) is 0 Å². The second-order valence-corrected chi connectivity index (χ2v) is 6.12. The number of nitrogens with zero attached hydrogens (tertiary/aromatic N) is 2. The Morgan fingerprint density at radius 3 is 2.79 bits per heavy atom. The second-order valence-electron chi connectivity index (χ2n) is 5.05. The van der Waals surface area contributed by atoms with Crippen molar-refractivity contribution in [2.45, 2.75) is 43.9 Å². The minimum atomic E-state index is -0.912. The molecule has 1 aromatic heterocycles. The summed E-state index contributed by atoms with van der Waals surface area (Å²) in [5, 5.41) is 17.5. The minimum absolute atomic E-state index is 0.299. The van der Waals surface area contributed by atoms with Crippen molar-refractivity contribution in [2.75, 3.05) is 11.6 Å². The summed E-state index contributed by atoms with van der Waals surface area (Å²) in [5.74, 6) is -0.277. The molecule has 1 aliphatic rings. The van der Waals surface area contributed by atoms with Gasteiger partial charge in [-0.1, -0.05) is 12.8 Å². The number of anilines is 1. The topological polar surface area (TPSA) is 67.2 Å². The van der Waals surface area contributed by atoms with E-state index in [0.29, 0.717) is 28.4 Å². The zero-order chi connectivity index (χ0) is 14.0. The fourth-order valence-electron chi connectivity index (χ4n) is 2.80. The number of hydrogen-bond acceptors (Lipinski definition) is 4. The Hall–Kier alpha value is -1.17. The molecule has 2 rings (SSSR count). The fraction of sp³-hybridized carbons (Fsp3) is 0.692. The molecule has 0 saturated heterocycles. The second kappa shape index (κ2) is 5.86. The van der Waals surface area contributed by atoms with Gasteiger partial charge in [-0.2, -0.15) is 16.9 Å². The summed E-state index contributed by atoms with van der Waals surface area (Å²) in [4.78, 5) is 11.4. The highest BCUT2D eigenvalue weighted by Crippen LogP contribution is 2.30. The van der Waals surface area contributed by atoms with Gasteiger partial charge >= 0.3 is 5.97 Å². The molecule has 0 radical (unpaired) electrons. The number of nitrogens with one attached hydrogen (secondary N) is 1. The Balaban J connectivity index is 2.24. The van der Waals surface area contributed by atoms with Gasteiger partial charge in [-0.3, -0.25) is 4.68 Å². The average molecular weight is 283 g/mol. The number of rotatable bonds is 4. The molecule has 0 bridgehead atoms. The standard InChI is InChI=1S/C13H21N3O2S/c1-8-11(13(17)18)12(16(2)15-8)14-9-6-4-5-7-10(9)19-3/h9-10,14H,4-7H2,1-3H3,(H,17,18). The van der Waals surface area contributed by atoms with Crippen molar-refractivity contribution in [3.8, 4) is 0 Å². The SMILES string of the molecule is CSC1CCCCC1Nc1c(C(=O)O)c(C)nn1C. The highest BCUT2D eigenvalue weighted by atomic mass is 32.2. The van der Waals surface area contributed by atoms with E-state index in [1.165, 1.54) is 19.3 Å². The minimum Gasteiger partial charge on any atom is -0.477 e. The lowest BCUT2D eigenvalue weighted by atomic mass is 9.94. The molecule has 1 aliphatic carbocycles.